The highest BCUT2D eigenvalue weighted by atomic mass is 35.5. The zero-order chi connectivity index (χ0) is 18.4. The molecular formula is C18H19ClN4O2S. The lowest BCUT2D eigenvalue weighted by Crippen LogP contribution is -2.24. The van der Waals surface area contributed by atoms with E-state index in [9.17, 15) is 9.59 Å². The summed E-state index contributed by atoms with van der Waals surface area (Å²) in [5.74, 6) is -0.725. The van der Waals surface area contributed by atoms with Crippen LogP contribution in [0.5, 0.6) is 0 Å². The number of carbonyl (C=O) groups is 2. The minimum atomic E-state index is -0.420. The standard InChI is InChI=1S/C18H19ClN4O2S/c19-13-7-4-8-14(11-13)21-16(25)18-23-22-17(26-18)15(24)20-10-9-12-5-2-1-3-6-12/h4-5,7-8,11H,1-3,6,9-10H2,(H,20,24)(H,21,25). The average Bonchev–Trinajstić information content (AvgIpc) is 3.13. The van der Waals surface area contributed by atoms with Crippen molar-refractivity contribution in [2.45, 2.75) is 32.1 Å². The maximum Gasteiger partial charge on any atom is 0.286 e. The molecule has 1 heterocycles. The molecule has 2 amide bonds. The Kier molecular flexibility index (Phi) is 6.35. The highest BCUT2D eigenvalue weighted by molar-refractivity contribution is 7.15. The molecule has 0 fully saturated rings. The third-order valence-corrected chi connectivity index (χ3v) is 5.17. The molecule has 1 aromatic heterocycles. The Morgan fingerprint density at radius 1 is 1.15 bits per heavy atom. The fourth-order valence-electron chi connectivity index (χ4n) is 2.70. The molecule has 0 saturated carbocycles. The SMILES string of the molecule is O=C(NCCC1=CCCCC1)c1nnc(C(=O)Nc2cccc(Cl)c2)s1. The van der Waals surface area contributed by atoms with E-state index in [-0.39, 0.29) is 15.9 Å². The van der Waals surface area contributed by atoms with Crippen molar-refractivity contribution in [2.24, 2.45) is 0 Å². The van der Waals surface area contributed by atoms with Gasteiger partial charge in [-0.3, -0.25) is 9.59 Å². The second-order valence-electron chi connectivity index (χ2n) is 5.99. The normalized spacial score (nSPS) is 13.8. The van der Waals surface area contributed by atoms with E-state index in [1.165, 1.54) is 18.4 Å². The van der Waals surface area contributed by atoms with Crippen LogP contribution in [0, 0.1) is 0 Å². The van der Waals surface area contributed by atoms with Gasteiger partial charge in [-0.2, -0.15) is 0 Å². The first-order valence-corrected chi connectivity index (χ1v) is 9.68. The molecule has 0 spiro atoms. The van der Waals surface area contributed by atoms with E-state index in [0.717, 1.165) is 30.6 Å². The van der Waals surface area contributed by atoms with Crippen molar-refractivity contribution in [3.63, 3.8) is 0 Å². The zero-order valence-corrected chi connectivity index (χ0v) is 15.7. The smallest absolute Gasteiger partial charge is 0.286 e. The molecule has 0 unspecified atom stereocenters. The Morgan fingerprint density at radius 2 is 1.96 bits per heavy atom. The predicted molar refractivity (Wildman–Crippen MR) is 103 cm³/mol. The minimum absolute atomic E-state index is 0.130. The fourth-order valence-corrected chi connectivity index (χ4v) is 3.55. The van der Waals surface area contributed by atoms with Crippen LogP contribution in [0.25, 0.3) is 0 Å². The molecule has 2 N–H and O–H groups in total. The van der Waals surface area contributed by atoms with Gasteiger partial charge in [0, 0.05) is 17.3 Å². The Labute approximate surface area is 160 Å². The molecule has 0 bridgehead atoms. The summed E-state index contributed by atoms with van der Waals surface area (Å²) >= 11 is 6.86. The summed E-state index contributed by atoms with van der Waals surface area (Å²) in [6, 6.07) is 6.80. The van der Waals surface area contributed by atoms with Gasteiger partial charge in [0.15, 0.2) is 0 Å². The van der Waals surface area contributed by atoms with Crippen molar-refractivity contribution in [2.75, 3.05) is 11.9 Å². The van der Waals surface area contributed by atoms with Crippen molar-refractivity contribution in [3.05, 3.63) is 51.0 Å². The molecule has 0 atom stereocenters. The summed E-state index contributed by atoms with van der Waals surface area (Å²) in [6.07, 6.45) is 7.83. The van der Waals surface area contributed by atoms with Gasteiger partial charge in [-0.05, 0) is 50.3 Å². The number of rotatable bonds is 6. The van der Waals surface area contributed by atoms with E-state index in [4.69, 9.17) is 11.6 Å². The molecule has 2 aromatic rings. The van der Waals surface area contributed by atoms with Crippen molar-refractivity contribution in [1.29, 1.82) is 0 Å². The number of nitrogens with one attached hydrogen (secondary N) is 2. The molecule has 0 radical (unpaired) electrons. The number of hydrogen-bond acceptors (Lipinski definition) is 5. The van der Waals surface area contributed by atoms with Gasteiger partial charge in [0.25, 0.3) is 11.8 Å². The van der Waals surface area contributed by atoms with Crippen LogP contribution in [0.1, 0.15) is 51.7 Å². The molecule has 136 valence electrons. The highest BCUT2D eigenvalue weighted by Gasteiger charge is 2.17. The predicted octanol–water partition coefficient (Wildman–Crippen LogP) is 4.06. The number of halogens is 1. The Bertz CT molecular complexity index is 834. The number of anilines is 1. The Balaban J connectivity index is 1.52. The molecular weight excluding hydrogens is 372 g/mol. The number of benzene rings is 1. The molecule has 1 aliphatic carbocycles. The second kappa shape index (κ2) is 8.91. The summed E-state index contributed by atoms with van der Waals surface area (Å²) in [6.45, 7) is 0.564. The molecule has 3 rings (SSSR count). The van der Waals surface area contributed by atoms with E-state index in [2.05, 4.69) is 26.9 Å². The van der Waals surface area contributed by atoms with Crippen LogP contribution in [0.15, 0.2) is 35.9 Å². The molecule has 8 heteroatoms. The van der Waals surface area contributed by atoms with Crippen molar-refractivity contribution >= 4 is 40.4 Å². The Morgan fingerprint density at radius 3 is 2.69 bits per heavy atom. The van der Waals surface area contributed by atoms with Gasteiger partial charge >= 0.3 is 0 Å². The lowest BCUT2D eigenvalue weighted by atomic mass is 9.97. The summed E-state index contributed by atoms with van der Waals surface area (Å²) in [5, 5.41) is 14.0. The molecule has 26 heavy (non-hydrogen) atoms. The third kappa shape index (κ3) is 5.12. The van der Waals surface area contributed by atoms with Crippen LogP contribution in [-0.2, 0) is 0 Å². The maximum atomic E-state index is 12.2. The summed E-state index contributed by atoms with van der Waals surface area (Å²) in [7, 11) is 0. The first-order chi connectivity index (χ1) is 12.6. The van der Waals surface area contributed by atoms with Crippen LogP contribution in [0.4, 0.5) is 5.69 Å². The molecule has 1 aliphatic rings. The number of nitrogens with zero attached hydrogens (tertiary/aromatic N) is 2. The van der Waals surface area contributed by atoms with Gasteiger partial charge in [-0.15, -0.1) is 10.2 Å². The van der Waals surface area contributed by atoms with E-state index < -0.39 is 5.91 Å². The summed E-state index contributed by atoms with van der Waals surface area (Å²) in [4.78, 5) is 24.3. The first kappa shape index (κ1) is 18.5. The van der Waals surface area contributed by atoms with E-state index >= 15 is 0 Å². The van der Waals surface area contributed by atoms with Gasteiger partial charge < -0.3 is 10.6 Å². The monoisotopic (exact) mass is 390 g/mol. The summed E-state index contributed by atoms with van der Waals surface area (Å²) in [5.41, 5.74) is 1.96. The van der Waals surface area contributed by atoms with Crippen molar-refractivity contribution < 1.29 is 9.59 Å². The van der Waals surface area contributed by atoms with E-state index in [1.54, 1.807) is 24.3 Å². The Hall–Kier alpha value is -2.25. The molecule has 0 saturated heterocycles. The van der Waals surface area contributed by atoms with Crippen LogP contribution < -0.4 is 10.6 Å². The third-order valence-electron chi connectivity index (χ3n) is 4.01. The highest BCUT2D eigenvalue weighted by Crippen LogP contribution is 2.20. The quantitative estimate of drug-likeness (QED) is 0.728. The van der Waals surface area contributed by atoms with Gasteiger partial charge in [0.05, 0.1) is 0 Å². The summed E-state index contributed by atoms with van der Waals surface area (Å²) < 4.78 is 0. The van der Waals surface area contributed by atoms with Crippen LogP contribution in [0.3, 0.4) is 0 Å². The first-order valence-electron chi connectivity index (χ1n) is 8.48. The van der Waals surface area contributed by atoms with Gasteiger partial charge in [0.1, 0.15) is 0 Å². The number of amides is 2. The van der Waals surface area contributed by atoms with E-state index in [0.29, 0.717) is 17.3 Å². The fraction of sp³-hybridized carbons (Fsp3) is 0.333. The minimum Gasteiger partial charge on any atom is -0.350 e. The molecule has 1 aromatic carbocycles. The second-order valence-corrected chi connectivity index (χ2v) is 7.40. The zero-order valence-electron chi connectivity index (χ0n) is 14.1. The van der Waals surface area contributed by atoms with Gasteiger partial charge in [-0.1, -0.05) is 40.7 Å². The van der Waals surface area contributed by atoms with Gasteiger partial charge in [0.2, 0.25) is 10.0 Å². The lowest BCUT2D eigenvalue weighted by Gasteiger charge is -2.12. The molecule has 6 nitrogen and oxygen atoms in total. The number of aromatic nitrogens is 2. The topological polar surface area (TPSA) is 84.0 Å². The van der Waals surface area contributed by atoms with Crippen molar-refractivity contribution in [1.82, 2.24) is 15.5 Å². The van der Waals surface area contributed by atoms with Gasteiger partial charge in [-0.25, -0.2) is 0 Å². The van der Waals surface area contributed by atoms with Crippen LogP contribution in [0.2, 0.25) is 5.02 Å². The molecule has 0 aliphatic heterocycles. The van der Waals surface area contributed by atoms with Crippen LogP contribution in [-0.4, -0.2) is 28.6 Å². The number of hydrogen-bond donors (Lipinski definition) is 2. The number of carbonyl (C=O) groups excluding carboxylic acids is 2. The lowest BCUT2D eigenvalue weighted by molar-refractivity contribution is 0.0951. The number of allylic oxidation sites excluding steroid dienone is 1. The van der Waals surface area contributed by atoms with Crippen molar-refractivity contribution in [3.8, 4) is 0 Å². The largest absolute Gasteiger partial charge is 0.350 e. The van der Waals surface area contributed by atoms with Crippen LogP contribution >= 0.6 is 22.9 Å². The average molecular weight is 391 g/mol. The van der Waals surface area contributed by atoms with E-state index in [1.807, 2.05) is 0 Å². The maximum absolute atomic E-state index is 12.2.